The maximum atomic E-state index is 14.0. The third-order valence-corrected chi connectivity index (χ3v) is 13.3. The number of pyridine rings is 1. The molecule has 4 aliphatic rings. The number of unbranched alkanes of at least 4 members (excludes halogenated alkanes) is 2. The van der Waals surface area contributed by atoms with Crippen LogP contribution in [0.4, 0.5) is 16.2 Å². The van der Waals surface area contributed by atoms with Gasteiger partial charge in [0, 0.05) is 42.9 Å². The molecule has 7 rings (SSSR count). The smallest absolute Gasteiger partial charge is 0.416 e. The highest BCUT2D eigenvalue weighted by Gasteiger charge is 2.46. The molecular weight excluding hydrogens is 795 g/mol. The number of nitrogens with zero attached hydrogens (tertiary/aromatic N) is 5. The number of hydrogen-bond acceptors (Lipinski definition) is 13. The minimum Gasteiger partial charge on any atom is -0.493 e. The van der Waals surface area contributed by atoms with E-state index in [9.17, 15) is 19.5 Å². The van der Waals surface area contributed by atoms with Crippen molar-refractivity contribution in [2.24, 2.45) is 4.99 Å². The Morgan fingerprint density at radius 1 is 0.915 bits per heavy atom. The number of fused-ring (bicyclic) bond motifs is 4. The van der Waals surface area contributed by atoms with E-state index < -0.39 is 18.4 Å². The van der Waals surface area contributed by atoms with Crippen LogP contribution >= 0.6 is 21.6 Å². The average Bonchev–Trinajstić information content (AvgIpc) is 3.56. The summed E-state index contributed by atoms with van der Waals surface area (Å²) >= 11 is 0. The zero-order valence-corrected chi connectivity index (χ0v) is 35.1. The first-order valence-corrected chi connectivity index (χ1v) is 21.8. The Morgan fingerprint density at radius 3 is 2.32 bits per heavy atom. The Hall–Kier alpha value is -5.19. The van der Waals surface area contributed by atoms with Gasteiger partial charge in [-0.25, -0.2) is 14.7 Å². The molecule has 0 bridgehead atoms. The van der Waals surface area contributed by atoms with Crippen molar-refractivity contribution in [3.05, 3.63) is 84.1 Å². The molecule has 3 aromatic rings. The van der Waals surface area contributed by atoms with Gasteiger partial charge < -0.3 is 38.6 Å². The maximum absolute atomic E-state index is 14.0. The maximum Gasteiger partial charge on any atom is 0.416 e. The molecule has 0 spiro atoms. The summed E-state index contributed by atoms with van der Waals surface area (Å²) in [4.78, 5) is 54.7. The number of anilines is 1. The Balaban J connectivity index is 0.981. The highest BCUT2D eigenvalue weighted by molar-refractivity contribution is 8.76. The zero-order valence-electron chi connectivity index (χ0n) is 33.5. The van der Waals surface area contributed by atoms with Crippen molar-refractivity contribution >= 4 is 57.1 Å². The Kier molecular flexibility index (Phi) is 13.4. The first-order valence-electron chi connectivity index (χ1n) is 19.6. The first-order chi connectivity index (χ1) is 28.6. The lowest BCUT2D eigenvalue weighted by Crippen LogP contribution is -2.51. The minimum absolute atomic E-state index is 0.0585. The Bertz CT molecular complexity index is 2120. The van der Waals surface area contributed by atoms with Gasteiger partial charge in [-0.3, -0.25) is 14.6 Å². The largest absolute Gasteiger partial charge is 0.493 e. The van der Waals surface area contributed by atoms with Crippen LogP contribution in [0.2, 0.25) is 0 Å². The average molecular weight is 844 g/mol. The molecular formula is C43H49N5O9S2. The van der Waals surface area contributed by atoms with Gasteiger partial charge in [-0.15, -0.1) is 0 Å². The van der Waals surface area contributed by atoms with Gasteiger partial charge >= 0.3 is 6.09 Å². The van der Waals surface area contributed by atoms with Crippen LogP contribution in [-0.2, 0) is 4.74 Å². The Labute approximate surface area is 352 Å². The number of methoxy groups -OCH3 is 2. The monoisotopic (exact) mass is 843 g/mol. The van der Waals surface area contributed by atoms with E-state index in [0.717, 1.165) is 40.3 Å². The number of aliphatic hydroxyl groups is 1. The lowest BCUT2D eigenvalue weighted by Gasteiger charge is -2.33. The minimum atomic E-state index is -1.40. The number of hydrogen-bond donors (Lipinski definition) is 1. The van der Waals surface area contributed by atoms with Gasteiger partial charge in [0.2, 0.25) is 0 Å². The number of ether oxygens (including phenoxy) is 5. The molecule has 4 aliphatic heterocycles. The molecule has 14 nitrogen and oxygen atoms in total. The molecule has 1 N–H and O–H groups in total. The van der Waals surface area contributed by atoms with E-state index in [4.69, 9.17) is 23.7 Å². The number of benzene rings is 2. The number of piperidine rings is 1. The van der Waals surface area contributed by atoms with E-state index >= 15 is 0 Å². The van der Waals surface area contributed by atoms with Crippen LogP contribution < -0.4 is 23.8 Å². The van der Waals surface area contributed by atoms with Crippen molar-refractivity contribution in [1.82, 2.24) is 14.8 Å². The second-order valence-electron chi connectivity index (χ2n) is 14.8. The number of carbonyl (C=O) groups is 3. The first kappa shape index (κ1) is 42.0. The van der Waals surface area contributed by atoms with Crippen LogP contribution in [0, 0.1) is 0 Å². The summed E-state index contributed by atoms with van der Waals surface area (Å²) in [6.45, 7) is 11.6. The van der Waals surface area contributed by atoms with Crippen LogP contribution in [0.3, 0.4) is 0 Å². The van der Waals surface area contributed by atoms with Crippen LogP contribution in [0.1, 0.15) is 66.2 Å². The summed E-state index contributed by atoms with van der Waals surface area (Å²) in [6.07, 6.45) is 5.48. The number of carbonyl (C=O) groups excluding carboxylic acids is 3. The molecule has 2 fully saturated rings. The van der Waals surface area contributed by atoms with Crippen molar-refractivity contribution in [3.63, 3.8) is 0 Å². The van der Waals surface area contributed by atoms with Gasteiger partial charge in [0.15, 0.2) is 29.2 Å². The molecule has 16 heteroatoms. The van der Waals surface area contributed by atoms with Gasteiger partial charge in [-0.2, -0.15) is 0 Å². The van der Waals surface area contributed by atoms with E-state index in [0.29, 0.717) is 73.3 Å². The molecule has 312 valence electrons. The standard InChI is InChI=1S/C43H49N5O9S2/c1-26-12-13-29-22-45-32-20-37(35(53-4)18-30(32)40(49)46(29)23-26)55-15-9-6-10-16-56-38-21-33-31(19-36(38)54-5)41(50)47-24-27(2)17-34(47)42(51)48(33)43(52)57-25-28(3)58-59-39-11-7-8-14-44-39/h7-8,11,14,18-22,28-29,34,42,51H,1-2,6,9-10,12-13,15-17,23-25H2,3-5H3/t28-,29+,34+,42+/m1/s1. The number of rotatable bonds is 15. The summed E-state index contributed by atoms with van der Waals surface area (Å²) in [7, 11) is 6.02. The van der Waals surface area contributed by atoms with Gasteiger partial charge in [0.1, 0.15) is 11.6 Å². The second-order valence-corrected chi connectivity index (χ2v) is 17.5. The molecule has 0 aliphatic carbocycles. The highest BCUT2D eigenvalue weighted by Crippen LogP contribution is 2.43. The number of aromatic nitrogens is 1. The van der Waals surface area contributed by atoms with E-state index in [2.05, 4.69) is 23.1 Å². The number of aliphatic hydroxyl groups excluding tert-OH is 1. The van der Waals surface area contributed by atoms with E-state index in [1.165, 1.54) is 28.7 Å². The molecule has 59 heavy (non-hydrogen) atoms. The molecule has 0 radical (unpaired) electrons. The highest BCUT2D eigenvalue weighted by atomic mass is 33.1. The normalized spacial score (nSPS) is 20.2. The summed E-state index contributed by atoms with van der Waals surface area (Å²) in [6, 6.07) is 11.4. The molecule has 0 unspecified atom stereocenters. The fraction of sp³-hybridized carbons (Fsp3) is 0.419. The molecule has 4 atom stereocenters. The van der Waals surface area contributed by atoms with Gasteiger partial charge in [-0.05, 0) is 80.5 Å². The molecule has 3 amide bonds. The number of amides is 3. The molecule has 5 heterocycles. The van der Waals surface area contributed by atoms with Crippen molar-refractivity contribution in [3.8, 4) is 23.0 Å². The van der Waals surface area contributed by atoms with Crippen molar-refractivity contribution < 1.29 is 43.2 Å². The predicted octanol–water partition coefficient (Wildman–Crippen LogP) is 7.48. The lowest BCUT2D eigenvalue weighted by atomic mass is 9.99. The number of aliphatic imine (C=N–C) groups is 1. The summed E-state index contributed by atoms with van der Waals surface area (Å²) in [5.41, 5.74) is 3.17. The Morgan fingerprint density at radius 2 is 1.61 bits per heavy atom. The van der Waals surface area contributed by atoms with Crippen molar-refractivity contribution in [2.45, 2.75) is 74.0 Å². The third kappa shape index (κ3) is 9.34. The van der Waals surface area contributed by atoms with E-state index in [1.54, 1.807) is 42.5 Å². The molecule has 2 saturated heterocycles. The fourth-order valence-corrected chi connectivity index (χ4v) is 9.36. The second kappa shape index (κ2) is 18.8. The van der Waals surface area contributed by atoms with Crippen LogP contribution in [-0.4, -0.2) is 115 Å². The predicted molar refractivity (Wildman–Crippen MR) is 228 cm³/mol. The summed E-state index contributed by atoms with van der Waals surface area (Å²) in [5.74, 6) is 1.14. The molecule has 1 aromatic heterocycles. The van der Waals surface area contributed by atoms with E-state index in [-0.39, 0.29) is 47.5 Å². The zero-order chi connectivity index (χ0) is 41.6. The van der Waals surface area contributed by atoms with Crippen LogP contribution in [0.25, 0.3) is 0 Å². The van der Waals surface area contributed by atoms with Gasteiger partial charge in [0.25, 0.3) is 11.8 Å². The summed E-state index contributed by atoms with van der Waals surface area (Å²) < 4.78 is 29.4. The molecule has 0 saturated carbocycles. The molecule has 2 aromatic carbocycles. The van der Waals surface area contributed by atoms with Crippen molar-refractivity contribution in [1.29, 1.82) is 0 Å². The van der Waals surface area contributed by atoms with Crippen molar-refractivity contribution in [2.75, 3.05) is 52.0 Å². The van der Waals surface area contributed by atoms with Crippen LogP contribution in [0.15, 0.2) is 83.0 Å². The van der Waals surface area contributed by atoms with Gasteiger partial charge in [0.05, 0.1) is 62.0 Å². The quantitative estimate of drug-likeness (QED) is 0.0918. The SMILES string of the molecule is C=C1CC[C@H]2C=Nc3cc(OCCCCCOc4cc5c(cc4OC)C(=O)N4CC(=C)C[C@H]4[C@H](O)N5C(=O)OC[C@@H](C)SSc4ccccn4)c(OC)cc3C(=O)N2C1. The fourth-order valence-electron chi connectivity index (χ4n) is 7.49. The third-order valence-electron chi connectivity index (χ3n) is 10.6. The summed E-state index contributed by atoms with van der Waals surface area (Å²) in [5, 5.41) is 12.4. The lowest BCUT2D eigenvalue weighted by molar-refractivity contribution is 0.0491. The van der Waals surface area contributed by atoms with Gasteiger partial charge in [-0.1, -0.05) is 41.2 Å². The van der Waals surface area contributed by atoms with E-state index in [1.807, 2.05) is 36.2 Å². The van der Waals surface area contributed by atoms with Crippen LogP contribution in [0.5, 0.6) is 23.0 Å². The topological polar surface area (TPSA) is 153 Å².